The summed E-state index contributed by atoms with van der Waals surface area (Å²) in [5.74, 6) is 0.00522. The number of Topliss-reactive ketones (excluding diaryl/α,β-unsaturated/α-hetero) is 1. The first-order chi connectivity index (χ1) is 13.6. The first-order valence-electron chi connectivity index (χ1n) is 9.73. The third kappa shape index (κ3) is 3.10. The Bertz CT molecular complexity index is 1150. The van der Waals surface area contributed by atoms with Crippen LogP contribution >= 0.6 is 0 Å². The lowest BCUT2D eigenvalue weighted by atomic mass is 9.69. The zero-order chi connectivity index (χ0) is 21.1. The number of H-pyrrole nitrogens is 1. The molecule has 0 fully saturated rings. The SMILES string of the molecule is CN(C)c1ccc([C@H]2C3=C(CC(C)(C)CC3=O)Nc3c2c(=O)[nH]c(=O)n3C)cc1. The highest BCUT2D eigenvalue weighted by molar-refractivity contribution is 6.01. The molecular weight excluding hydrogens is 368 g/mol. The molecule has 1 aliphatic heterocycles. The second-order valence-corrected chi connectivity index (χ2v) is 8.96. The second kappa shape index (κ2) is 6.47. The van der Waals surface area contributed by atoms with Crippen molar-refractivity contribution in [3.63, 3.8) is 0 Å². The van der Waals surface area contributed by atoms with Gasteiger partial charge in [-0.15, -0.1) is 0 Å². The van der Waals surface area contributed by atoms with Gasteiger partial charge in [0.25, 0.3) is 5.56 Å². The molecule has 0 saturated carbocycles. The smallest absolute Gasteiger partial charge is 0.329 e. The molecule has 29 heavy (non-hydrogen) atoms. The number of ketones is 1. The molecule has 152 valence electrons. The number of aromatic nitrogens is 2. The highest BCUT2D eigenvalue weighted by Crippen LogP contribution is 2.47. The first kappa shape index (κ1) is 19.2. The number of hydrogen-bond donors (Lipinski definition) is 2. The van der Waals surface area contributed by atoms with Gasteiger partial charge in [0.1, 0.15) is 5.82 Å². The normalized spacial score (nSPS) is 20.0. The van der Waals surface area contributed by atoms with E-state index >= 15 is 0 Å². The lowest BCUT2D eigenvalue weighted by Crippen LogP contribution is -2.41. The van der Waals surface area contributed by atoms with E-state index in [2.05, 4.69) is 24.1 Å². The van der Waals surface area contributed by atoms with Crippen LogP contribution in [0.5, 0.6) is 0 Å². The van der Waals surface area contributed by atoms with Crippen molar-refractivity contribution >= 4 is 17.3 Å². The fourth-order valence-corrected chi connectivity index (χ4v) is 4.42. The number of allylic oxidation sites excluding steroid dienone is 2. The molecule has 0 spiro atoms. The van der Waals surface area contributed by atoms with Crippen molar-refractivity contribution in [3.05, 3.63) is 67.5 Å². The Labute approximate surface area is 169 Å². The van der Waals surface area contributed by atoms with E-state index in [1.54, 1.807) is 7.05 Å². The molecule has 0 amide bonds. The summed E-state index contributed by atoms with van der Waals surface area (Å²) in [6, 6.07) is 7.87. The van der Waals surface area contributed by atoms with Crippen molar-refractivity contribution in [1.29, 1.82) is 0 Å². The van der Waals surface area contributed by atoms with Gasteiger partial charge in [0, 0.05) is 50.4 Å². The number of carbonyl (C=O) groups excluding carboxylic acids is 1. The first-order valence-corrected chi connectivity index (χ1v) is 9.73. The van der Waals surface area contributed by atoms with Gasteiger partial charge in [-0.1, -0.05) is 26.0 Å². The highest BCUT2D eigenvalue weighted by Gasteiger charge is 2.42. The third-order valence-corrected chi connectivity index (χ3v) is 5.87. The van der Waals surface area contributed by atoms with Crippen LogP contribution in [0.3, 0.4) is 0 Å². The van der Waals surface area contributed by atoms with Gasteiger partial charge in [-0.05, 0) is 29.5 Å². The quantitative estimate of drug-likeness (QED) is 0.816. The molecule has 1 aliphatic carbocycles. The number of carbonyl (C=O) groups is 1. The summed E-state index contributed by atoms with van der Waals surface area (Å²) < 4.78 is 1.41. The van der Waals surface area contributed by atoms with E-state index in [1.807, 2.05) is 43.3 Å². The molecule has 2 aliphatic rings. The molecule has 0 bridgehead atoms. The topological polar surface area (TPSA) is 87.2 Å². The minimum absolute atomic E-state index is 0.0457. The van der Waals surface area contributed by atoms with Gasteiger partial charge >= 0.3 is 5.69 Å². The summed E-state index contributed by atoms with van der Waals surface area (Å²) in [5, 5.41) is 3.26. The molecule has 2 heterocycles. The fourth-order valence-electron chi connectivity index (χ4n) is 4.42. The van der Waals surface area contributed by atoms with Crippen molar-refractivity contribution in [2.75, 3.05) is 24.3 Å². The van der Waals surface area contributed by atoms with Gasteiger partial charge < -0.3 is 10.2 Å². The van der Waals surface area contributed by atoms with Crippen LogP contribution in [-0.2, 0) is 11.8 Å². The average molecular weight is 394 g/mol. The summed E-state index contributed by atoms with van der Waals surface area (Å²) in [7, 11) is 5.54. The number of fused-ring (bicyclic) bond motifs is 1. The van der Waals surface area contributed by atoms with Crippen molar-refractivity contribution in [1.82, 2.24) is 9.55 Å². The third-order valence-electron chi connectivity index (χ3n) is 5.87. The number of rotatable bonds is 2. The highest BCUT2D eigenvalue weighted by atomic mass is 16.2. The predicted molar refractivity (Wildman–Crippen MR) is 114 cm³/mol. The van der Waals surface area contributed by atoms with Gasteiger partial charge in [-0.25, -0.2) is 4.79 Å². The Hall–Kier alpha value is -3.09. The van der Waals surface area contributed by atoms with Crippen LogP contribution in [0.2, 0.25) is 0 Å². The minimum Gasteiger partial charge on any atom is -0.378 e. The molecule has 7 nitrogen and oxygen atoms in total. The number of nitrogens with one attached hydrogen (secondary N) is 2. The monoisotopic (exact) mass is 394 g/mol. The summed E-state index contributed by atoms with van der Waals surface area (Å²) in [5.41, 5.74) is 2.64. The van der Waals surface area contributed by atoms with E-state index in [0.717, 1.165) is 16.9 Å². The second-order valence-electron chi connectivity index (χ2n) is 8.96. The lowest BCUT2D eigenvalue weighted by Gasteiger charge is -2.39. The maximum atomic E-state index is 13.2. The zero-order valence-electron chi connectivity index (χ0n) is 17.4. The van der Waals surface area contributed by atoms with Crippen LogP contribution in [0.4, 0.5) is 11.5 Å². The fraction of sp³-hybridized carbons (Fsp3) is 0.409. The Kier molecular flexibility index (Phi) is 4.29. The van der Waals surface area contributed by atoms with E-state index in [-0.39, 0.29) is 11.2 Å². The van der Waals surface area contributed by atoms with Crippen molar-refractivity contribution < 1.29 is 4.79 Å². The molecule has 1 aromatic heterocycles. The van der Waals surface area contributed by atoms with Gasteiger partial charge in [0.15, 0.2) is 5.78 Å². The number of anilines is 2. The van der Waals surface area contributed by atoms with Gasteiger partial charge in [0.2, 0.25) is 0 Å². The molecule has 4 rings (SSSR count). The lowest BCUT2D eigenvalue weighted by molar-refractivity contribution is -0.118. The van der Waals surface area contributed by atoms with Crippen LogP contribution in [0, 0.1) is 5.41 Å². The average Bonchev–Trinajstić information content (AvgIpc) is 2.63. The van der Waals surface area contributed by atoms with E-state index in [9.17, 15) is 14.4 Å². The summed E-state index contributed by atoms with van der Waals surface area (Å²) >= 11 is 0. The molecule has 1 aromatic carbocycles. The molecule has 1 atom stereocenters. The van der Waals surface area contributed by atoms with Crippen molar-refractivity contribution in [3.8, 4) is 0 Å². The Morgan fingerprint density at radius 3 is 2.34 bits per heavy atom. The van der Waals surface area contributed by atoms with Gasteiger partial charge in [0.05, 0.1) is 5.56 Å². The Morgan fingerprint density at radius 2 is 1.72 bits per heavy atom. The largest absolute Gasteiger partial charge is 0.378 e. The van der Waals surface area contributed by atoms with Gasteiger partial charge in [-0.2, -0.15) is 0 Å². The van der Waals surface area contributed by atoms with Crippen molar-refractivity contribution in [2.24, 2.45) is 12.5 Å². The van der Waals surface area contributed by atoms with Crippen LogP contribution in [0.15, 0.2) is 45.1 Å². The summed E-state index contributed by atoms with van der Waals surface area (Å²) in [4.78, 5) is 42.6. The molecule has 0 unspecified atom stereocenters. The van der Waals surface area contributed by atoms with Gasteiger partial charge in [-0.3, -0.25) is 19.1 Å². The maximum Gasteiger partial charge on any atom is 0.329 e. The van der Waals surface area contributed by atoms with E-state index in [1.165, 1.54) is 4.57 Å². The van der Waals surface area contributed by atoms with E-state index < -0.39 is 17.2 Å². The van der Waals surface area contributed by atoms with Crippen molar-refractivity contribution in [2.45, 2.75) is 32.6 Å². The number of nitrogens with zero attached hydrogens (tertiary/aromatic N) is 2. The summed E-state index contributed by atoms with van der Waals surface area (Å²) in [6.07, 6.45) is 1.11. The number of hydrogen-bond acceptors (Lipinski definition) is 5. The molecular formula is C22H26N4O3. The van der Waals surface area contributed by atoms with Crippen LogP contribution in [-0.4, -0.2) is 29.4 Å². The zero-order valence-corrected chi connectivity index (χ0v) is 17.4. The Morgan fingerprint density at radius 1 is 1.07 bits per heavy atom. The molecule has 0 saturated heterocycles. The van der Waals surface area contributed by atoms with Crippen LogP contribution in [0.1, 0.15) is 43.7 Å². The number of aromatic amines is 1. The van der Waals surface area contributed by atoms with E-state index in [4.69, 9.17) is 0 Å². The summed E-state index contributed by atoms with van der Waals surface area (Å²) in [6.45, 7) is 4.12. The Balaban J connectivity index is 1.99. The number of benzene rings is 1. The molecule has 7 heteroatoms. The van der Waals surface area contributed by atoms with Crippen LogP contribution in [0.25, 0.3) is 0 Å². The minimum atomic E-state index is -0.503. The van der Waals surface area contributed by atoms with Crippen LogP contribution < -0.4 is 21.5 Å². The molecule has 2 aromatic rings. The van der Waals surface area contributed by atoms with E-state index in [0.29, 0.717) is 29.8 Å². The molecule has 0 radical (unpaired) electrons. The standard InChI is InChI=1S/C22H26N4O3/c1-22(2)10-14-17(15(27)11-22)16(12-6-8-13(9-7-12)25(3)4)18-19(23-14)26(5)21(29)24-20(18)28/h6-9,16,23H,10-11H2,1-5H3,(H,24,28,29)/t16-/m0/s1. The maximum absolute atomic E-state index is 13.2. The molecule has 2 N–H and O–H groups in total. The predicted octanol–water partition coefficient (Wildman–Crippen LogP) is 2.34.